The molecule has 0 amide bonds. The van der Waals surface area contributed by atoms with Crippen LogP contribution in [-0.2, 0) is 9.47 Å². The van der Waals surface area contributed by atoms with E-state index in [9.17, 15) is 14.0 Å². The SMILES string of the molecule is CCCCOc1cc(F)cc(-c2nn(-c3ccccc3)c(C(=O)OC)c2C(=O)OC)c1. The van der Waals surface area contributed by atoms with Gasteiger partial charge in [0.1, 0.15) is 22.8 Å². The third-order valence-electron chi connectivity index (χ3n) is 4.57. The molecule has 0 bridgehead atoms. The Morgan fingerprint density at radius 2 is 1.74 bits per heavy atom. The summed E-state index contributed by atoms with van der Waals surface area (Å²) in [4.78, 5) is 25.3. The molecule has 162 valence electrons. The van der Waals surface area contributed by atoms with Gasteiger partial charge in [-0.1, -0.05) is 31.5 Å². The molecule has 1 heterocycles. The number of aromatic nitrogens is 2. The zero-order valence-electron chi connectivity index (χ0n) is 17.6. The van der Waals surface area contributed by atoms with E-state index in [1.807, 2.05) is 6.92 Å². The van der Waals surface area contributed by atoms with Crippen LogP contribution in [0.4, 0.5) is 4.39 Å². The average Bonchev–Trinajstić information content (AvgIpc) is 3.19. The van der Waals surface area contributed by atoms with E-state index >= 15 is 0 Å². The molecule has 0 N–H and O–H groups in total. The maximum absolute atomic E-state index is 14.4. The molecule has 0 aliphatic heterocycles. The first kappa shape index (κ1) is 22.0. The van der Waals surface area contributed by atoms with Gasteiger partial charge in [0.05, 0.1) is 26.5 Å². The zero-order chi connectivity index (χ0) is 22.4. The number of para-hydroxylation sites is 1. The summed E-state index contributed by atoms with van der Waals surface area (Å²) in [5.41, 5.74) is 0.634. The first-order valence-corrected chi connectivity index (χ1v) is 9.79. The highest BCUT2D eigenvalue weighted by atomic mass is 19.1. The van der Waals surface area contributed by atoms with Gasteiger partial charge >= 0.3 is 11.9 Å². The highest BCUT2D eigenvalue weighted by Gasteiger charge is 2.31. The predicted octanol–water partition coefficient (Wildman–Crippen LogP) is 4.43. The largest absolute Gasteiger partial charge is 0.493 e. The predicted molar refractivity (Wildman–Crippen MR) is 112 cm³/mol. The Morgan fingerprint density at radius 1 is 1.03 bits per heavy atom. The van der Waals surface area contributed by atoms with E-state index < -0.39 is 17.8 Å². The molecule has 31 heavy (non-hydrogen) atoms. The number of unbranched alkanes of at least 4 members (excludes halogenated alkanes) is 1. The van der Waals surface area contributed by atoms with Crippen molar-refractivity contribution in [2.24, 2.45) is 0 Å². The molecule has 0 spiro atoms. The normalized spacial score (nSPS) is 10.6. The lowest BCUT2D eigenvalue weighted by Crippen LogP contribution is -2.15. The monoisotopic (exact) mass is 426 g/mol. The molecule has 8 heteroatoms. The number of ether oxygens (including phenoxy) is 3. The summed E-state index contributed by atoms with van der Waals surface area (Å²) in [5.74, 6) is -1.84. The van der Waals surface area contributed by atoms with Gasteiger partial charge in [0.2, 0.25) is 0 Å². The highest BCUT2D eigenvalue weighted by Crippen LogP contribution is 2.32. The Balaban J connectivity index is 2.24. The fourth-order valence-corrected chi connectivity index (χ4v) is 3.07. The molecule has 0 saturated carbocycles. The Hall–Kier alpha value is -3.68. The minimum absolute atomic E-state index is 0.0796. The van der Waals surface area contributed by atoms with Gasteiger partial charge in [-0.3, -0.25) is 0 Å². The number of rotatable bonds is 8. The van der Waals surface area contributed by atoms with Crippen molar-refractivity contribution >= 4 is 11.9 Å². The summed E-state index contributed by atoms with van der Waals surface area (Å²) in [7, 11) is 2.39. The number of halogens is 1. The molecule has 3 rings (SSSR count). The molecule has 0 radical (unpaired) electrons. The molecule has 1 aromatic heterocycles. The molecule has 0 saturated heterocycles. The fraction of sp³-hybridized carbons (Fsp3) is 0.261. The lowest BCUT2D eigenvalue weighted by Gasteiger charge is -2.08. The Bertz CT molecular complexity index is 1080. The Labute approximate surface area is 179 Å². The second kappa shape index (κ2) is 9.88. The van der Waals surface area contributed by atoms with E-state index in [1.165, 1.54) is 31.0 Å². The third kappa shape index (κ3) is 4.74. The lowest BCUT2D eigenvalue weighted by molar-refractivity contribution is 0.0549. The van der Waals surface area contributed by atoms with Gasteiger partial charge in [-0.25, -0.2) is 18.7 Å². The third-order valence-corrected chi connectivity index (χ3v) is 4.57. The van der Waals surface area contributed by atoms with Gasteiger partial charge in [-0.2, -0.15) is 5.10 Å². The van der Waals surface area contributed by atoms with Crippen molar-refractivity contribution < 1.29 is 28.2 Å². The van der Waals surface area contributed by atoms with Crippen molar-refractivity contribution in [1.82, 2.24) is 9.78 Å². The van der Waals surface area contributed by atoms with E-state index in [1.54, 1.807) is 36.4 Å². The molecular formula is C23H23FN2O5. The maximum Gasteiger partial charge on any atom is 0.357 e. The number of carbonyl (C=O) groups is 2. The van der Waals surface area contributed by atoms with E-state index in [0.717, 1.165) is 12.8 Å². The van der Waals surface area contributed by atoms with Crippen LogP contribution < -0.4 is 4.74 Å². The van der Waals surface area contributed by atoms with E-state index in [0.29, 0.717) is 18.0 Å². The molecule has 0 fully saturated rings. The van der Waals surface area contributed by atoms with Crippen LogP contribution in [0.5, 0.6) is 5.75 Å². The standard InChI is InChI=1S/C23H23FN2O5/c1-4-5-11-31-18-13-15(12-16(24)14-18)20-19(22(27)29-2)21(23(28)30-3)26(25-20)17-9-7-6-8-10-17/h6-10,12-14H,4-5,11H2,1-3H3. The number of esters is 2. The topological polar surface area (TPSA) is 79.7 Å². The first-order chi connectivity index (χ1) is 15.0. The second-order valence-electron chi connectivity index (χ2n) is 6.68. The minimum atomic E-state index is -0.796. The van der Waals surface area contributed by atoms with Crippen molar-refractivity contribution in [3.8, 4) is 22.7 Å². The molecule has 2 aromatic carbocycles. The fourth-order valence-electron chi connectivity index (χ4n) is 3.07. The van der Waals surface area contributed by atoms with Crippen LogP contribution in [0.1, 0.15) is 40.6 Å². The molecule has 7 nitrogen and oxygen atoms in total. The second-order valence-corrected chi connectivity index (χ2v) is 6.68. The van der Waals surface area contributed by atoms with Crippen LogP contribution in [0.25, 0.3) is 16.9 Å². The molecule has 0 unspecified atom stereocenters. The first-order valence-electron chi connectivity index (χ1n) is 9.79. The minimum Gasteiger partial charge on any atom is -0.493 e. The van der Waals surface area contributed by atoms with E-state index in [-0.39, 0.29) is 22.5 Å². The maximum atomic E-state index is 14.4. The van der Waals surface area contributed by atoms with Crippen molar-refractivity contribution in [3.63, 3.8) is 0 Å². The number of carbonyl (C=O) groups excluding carboxylic acids is 2. The summed E-state index contributed by atoms with van der Waals surface area (Å²) in [6, 6.07) is 12.8. The van der Waals surface area contributed by atoms with Crippen LogP contribution in [-0.4, -0.2) is 42.5 Å². The Kier molecular flexibility index (Phi) is 7.02. The van der Waals surface area contributed by atoms with Crippen molar-refractivity contribution in [2.75, 3.05) is 20.8 Å². The van der Waals surface area contributed by atoms with Crippen LogP contribution in [0.2, 0.25) is 0 Å². The molecule has 0 aliphatic carbocycles. The van der Waals surface area contributed by atoms with Crippen LogP contribution in [0, 0.1) is 5.82 Å². The molecule has 3 aromatic rings. The van der Waals surface area contributed by atoms with Gasteiger partial charge in [0, 0.05) is 11.6 Å². The molecular weight excluding hydrogens is 403 g/mol. The summed E-state index contributed by atoms with van der Waals surface area (Å²) in [5, 5.41) is 4.46. The van der Waals surface area contributed by atoms with Gasteiger partial charge in [0.15, 0.2) is 5.69 Å². The van der Waals surface area contributed by atoms with Crippen molar-refractivity contribution in [3.05, 3.63) is 65.6 Å². The summed E-state index contributed by atoms with van der Waals surface area (Å²) >= 11 is 0. The van der Waals surface area contributed by atoms with Crippen LogP contribution in [0.3, 0.4) is 0 Å². The average molecular weight is 426 g/mol. The molecule has 0 atom stereocenters. The van der Waals surface area contributed by atoms with E-state index in [4.69, 9.17) is 14.2 Å². The highest BCUT2D eigenvalue weighted by molar-refractivity contribution is 6.06. The van der Waals surface area contributed by atoms with Crippen molar-refractivity contribution in [1.29, 1.82) is 0 Å². The van der Waals surface area contributed by atoms with Gasteiger partial charge in [-0.05, 0) is 30.7 Å². The Morgan fingerprint density at radius 3 is 2.39 bits per heavy atom. The summed E-state index contributed by atoms with van der Waals surface area (Å²) in [6.07, 6.45) is 1.74. The smallest absolute Gasteiger partial charge is 0.357 e. The van der Waals surface area contributed by atoms with Gasteiger partial charge < -0.3 is 14.2 Å². The quantitative estimate of drug-likeness (QED) is 0.392. The van der Waals surface area contributed by atoms with Gasteiger partial charge in [0.25, 0.3) is 0 Å². The van der Waals surface area contributed by atoms with Crippen LogP contribution in [0.15, 0.2) is 48.5 Å². The lowest BCUT2D eigenvalue weighted by atomic mass is 10.0. The number of benzene rings is 2. The summed E-state index contributed by atoms with van der Waals surface area (Å²) < 4.78 is 31.1. The number of hydrogen-bond donors (Lipinski definition) is 0. The summed E-state index contributed by atoms with van der Waals surface area (Å²) in [6.45, 7) is 2.45. The van der Waals surface area contributed by atoms with Gasteiger partial charge in [-0.15, -0.1) is 0 Å². The van der Waals surface area contributed by atoms with Crippen LogP contribution >= 0.6 is 0 Å². The number of methoxy groups -OCH3 is 2. The number of hydrogen-bond acceptors (Lipinski definition) is 6. The van der Waals surface area contributed by atoms with E-state index in [2.05, 4.69) is 5.10 Å². The molecule has 0 aliphatic rings. The number of nitrogens with zero attached hydrogens (tertiary/aromatic N) is 2. The zero-order valence-corrected chi connectivity index (χ0v) is 17.6. The van der Waals surface area contributed by atoms with Crippen molar-refractivity contribution in [2.45, 2.75) is 19.8 Å².